The number of nitrogens with zero attached hydrogens (tertiary/aromatic N) is 1. The maximum Gasteiger partial charge on any atom is 0.130 e. The van der Waals surface area contributed by atoms with Gasteiger partial charge in [0.15, 0.2) is 0 Å². The second kappa shape index (κ2) is 6.76. The Kier molecular flexibility index (Phi) is 5.02. The number of aromatic nitrogens is 1. The van der Waals surface area contributed by atoms with Crippen molar-refractivity contribution in [3.63, 3.8) is 0 Å². The van der Waals surface area contributed by atoms with Gasteiger partial charge in [-0.25, -0.2) is 8.78 Å². The quantitative estimate of drug-likeness (QED) is 0.904. The van der Waals surface area contributed by atoms with Crippen molar-refractivity contribution in [3.8, 4) is 0 Å². The van der Waals surface area contributed by atoms with Crippen LogP contribution in [0.15, 0.2) is 30.5 Å². The molecule has 0 spiro atoms. The molecule has 1 aromatic heterocycles. The van der Waals surface area contributed by atoms with Gasteiger partial charge in [-0.3, -0.25) is 4.98 Å². The number of halogens is 2. The van der Waals surface area contributed by atoms with E-state index in [-0.39, 0.29) is 6.04 Å². The first-order valence-corrected chi connectivity index (χ1v) is 7.11. The van der Waals surface area contributed by atoms with Crippen molar-refractivity contribution in [2.24, 2.45) is 0 Å². The molecule has 0 bridgehead atoms. The van der Waals surface area contributed by atoms with E-state index in [1.54, 1.807) is 19.2 Å². The van der Waals surface area contributed by atoms with E-state index < -0.39 is 11.6 Å². The monoisotopic (exact) mass is 290 g/mol. The molecule has 1 aromatic carbocycles. The van der Waals surface area contributed by atoms with Crippen LogP contribution in [-0.4, -0.2) is 11.5 Å². The van der Waals surface area contributed by atoms with Crippen LogP contribution < -0.4 is 5.32 Å². The number of hydrogen-bond acceptors (Lipinski definition) is 2. The predicted octanol–water partition coefficient (Wildman–Crippen LogP) is 3.87. The summed E-state index contributed by atoms with van der Waals surface area (Å²) in [7, 11) is 0. The third-order valence-electron chi connectivity index (χ3n) is 3.49. The van der Waals surface area contributed by atoms with E-state index >= 15 is 0 Å². The number of nitrogens with one attached hydrogen (secondary N) is 1. The van der Waals surface area contributed by atoms with E-state index in [1.807, 2.05) is 26.0 Å². The molecular weight excluding hydrogens is 270 g/mol. The summed E-state index contributed by atoms with van der Waals surface area (Å²) in [5.74, 6) is -1.03. The second-order valence-corrected chi connectivity index (χ2v) is 5.26. The highest BCUT2D eigenvalue weighted by atomic mass is 19.1. The van der Waals surface area contributed by atoms with Crippen LogP contribution >= 0.6 is 0 Å². The number of rotatable bonds is 5. The first-order valence-electron chi connectivity index (χ1n) is 7.11. The minimum absolute atomic E-state index is 0.218. The molecule has 0 aliphatic rings. The molecule has 2 aromatic rings. The van der Waals surface area contributed by atoms with Crippen molar-refractivity contribution in [2.45, 2.75) is 33.2 Å². The van der Waals surface area contributed by atoms with Crippen molar-refractivity contribution in [1.82, 2.24) is 10.3 Å². The fourth-order valence-electron chi connectivity index (χ4n) is 2.31. The molecule has 0 saturated carbocycles. The minimum Gasteiger partial charge on any atom is -0.310 e. The van der Waals surface area contributed by atoms with Gasteiger partial charge in [-0.15, -0.1) is 0 Å². The molecule has 0 aliphatic heterocycles. The lowest BCUT2D eigenvalue weighted by atomic mass is 9.98. The van der Waals surface area contributed by atoms with E-state index in [9.17, 15) is 8.78 Å². The SMILES string of the molecule is CCNC(Cc1ccc(C)cn1)c1cc(C)c(F)cc1F. The summed E-state index contributed by atoms with van der Waals surface area (Å²) in [5, 5.41) is 3.25. The standard InChI is InChI=1S/C17H20F2N2/c1-4-20-17(8-13-6-5-11(2)10-21-13)14-7-12(3)15(18)9-16(14)19/h5-7,9-10,17,20H,4,8H2,1-3H3. The van der Waals surface area contributed by atoms with E-state index in [0.717, 1.165) is 17.3 Å². The van der Waals surface area contributed by atoms with E-state index in [0.29, 0.717) is 24.1 Å². The molecule has 21 heavy (non-hydrogen) atoms. The summed E-state index contributed by atoms with van der Waals surface area (Å²) < 4.78 is 27.5. The average Bonchev–Trinajstić information content (AvgIpc) is 2.45. The van der Waals surface area contributed by atoms with Crippen LogP contribution in [0.25, 0.3) is 0 Å². The molecule has 0 amide bonds. The zero-order valence-electron chi connectivity index (χ0n) is 12.6. The molecule has 112 valence electrons. The molecule has 0 aliphatic carbocycles. The van der Waals surface area contributed by atoms with Gasteiger partial charge in [-0.1, -0.05) is 13.0 Å². The zero-order chi connectivity index (χ0) is 15.4. The normalized spacial score (nSPS) is 12.4. The molecule has 1 N–H and O–H groups in total. The number of pyridine rings is 1. The Morgan fingerprint density at radius 1 is 1.14 bits per heavy atom. The van der Waals surface area contributed by atoms with Gasteiger partial charge in [0.1, 0.15) is 11.6 Å². The molecule has 4 heteroatoms. The topological polar surface area (TPSA) is 24.9 Å². The van der Waals surface area contributed by atoms with Gasteiger partial charge in [0, 0.05) is 36.0 Å². The van der Waals surface area contributed by atoms with E-state index in [1.165, 1.54) is 0 Å². The van der Waals surface area contributed by atoms with Crippen molar-refractivity contribution < 1.29 is 8.78 Å². The number of aryl methyl sites for hydroxylation is 2. The predicted molar refractivity (Wildman–Crippen MR) is 80.2 cm³/mol. The molecule has 0 fully saturated rings. The smallest absolute Gasteiger partial charge is 0.130 e. The van der Waals surface area contributed by atoms with Crippen LogP contribution in [0.5, 0.6) is 0 Å². The van der Waals surface area contributed by atoms with Crippen LogP contribution in [0.2, 0.25) is 0 Å². The highest BCUT2D eigenvalue weighted by Gasteiger charge is 2.18. The lowest BCUT2D eigenvalue weighted by Crippen LogP contribution is -2.24. The van der Waals surface area contributed by atoms with Crippen LogP contribution in [-0.2, 0) is 6.42 Å². The van der Waals surface area contributed by atoms with Gasteiger partial charge in [0.25, 0.3) is 0 Å². The van der Waals surface area contributed by atoms with Crippen LogP contribution in [0.3, 0.4) is 0 Å². The van der Waals surface area contributed by atoms with Crippen LogP contribution in [0.1, 0.15) is 35.3 Å². The number of benzene rings is 1. The third-order valence-corrected chi connectivity index (χ3v) is 3.49. The summed E-state index contributed by atoms with van der Waals surface area (Å²) in [5.41, 5.74) is 2.90. The molecule has 0 radical (unpaired) electrons. The van der Waals surface area contributed by atoms with Gasteiger partial charge in [0.05, 0.1) is 0 Å². The first-order chi connectivity index (χ1) is 10.0. The summed E-state index contributed by atoms with van der Waals surface area (Å²) >= 11 is 0. The maximum atomic E-state index is 14.1. The van der Waals surface area contributed by atoms with Gasteiger partial charge in [0.2, 0.25) is 0 Å². The Bertz CT molecular complexity index is 609. The Balaban J connectivity index is 2.30. The van der Waals surface area contributed by atoms with Crippen molar-refractivity contribution in [1.29, 1.82) is 0 Å². The van der Waals surface area contributed by atoms with E-state index in [2.05, 4.69) is 10.3 Å². The van der Waals surface area contributed by atoms with Gasteiger partial charge >= 0.3 is 0 Å². The maximum absolute atomic E-state index is 14.1. The summed E-state index contributed by atoms with van der Waals surface area (Å²) in [6.45, 7) is 6.28. The van der Waals surface area contributed by atoms with E-state index in [4.69, 9.17) is 0 Å². The highest BCUT2D eigenvalue weighted by Crippen LogP contribution is 2.23. The Hall–Kier alpha value is -1.81. The largest absolute Gasteiger partial charge is 0.310 e. The molecule has 0 saturated heterocycles. The first kappa shape index (κ1) is 15.6. The number of hydrogen-bond donors (Lipinski definition) is 1. The molecule has 1 atom stereocenters. The second-order valence-electron chi connectivity index (χ2n) is 5.26. The highest BCUT2D eigenvalue weighted by molar-refractivity contribution is 5.29. The fraction of sp³-hybridized carbons (Fsp3) is 0.353. The Morgan fingerprint density at radius 2 is 1.90 bits per heavy atom. The lowest BCUT2D eigenvalue weighted by molar-refractivity contribution is 0.497. The van der Waals surface area contributed by atoms with Crippen molar-refractivity contribution >= 4 is 0 Å². The Morgan fingerprint density at radius 3 is 2.52 bits per heavy atom. The molecule has 1 heterocycles. The number of likely N-dealkylation sites (N-methyl/N-ethyl adjacent to an activating group) is 1. The van der Waals surface area contributed by atoms with Gasteiger partial charge in [-0.05, 0) is 43.7 Å². The summed E-state index contributed by atoms with van der Waals surface area (Å²) in [4.78, 5) is 4.36. The van der Waals surface area contributed by atoms with Crippen LogP contribution in [0.4, 0.5) is 8.78 Å². The van der Waals surface area contributed by atoms with Crippen molar-refractivity contribution in [2.75, 3.05) is 6.54 Å². The lowest BCUT2D eigenvalue weighted by Gasteiger charge is -2.19. The minimum atomic E-state index is -0.517. The Labute approximate surface area is 124 Å². The summed E-state index contributed by atoms with van der Waals surface area (Å²) in [6.07, 6.45) is 2.36. The third kappa shape index (κ3) is 3.85. The molecule has 2 rings (SSSR count). The van der Waals surface area contributed by atoms with Gasteiger partial charge in [-0.2, -0.15) is 0 Å². The van der Waals surface area contributed by atoms with Gasteiger partial charge < -0.3 is 5.32 Å². The van der Waals surface area contributed by atoms with Crippen molar-refractivity contribution in [3.05, 3.63) is 64.5 Å². The molecule has 1 unspecified atom stereocenters. The summed E-state index contributed by atoms with van der Waals surface area (Å²) in [6, 6.07) is 6.24. The fourth-order valence-corrected chi connectivity index (χ4v) is 2.31. The zero-order valence-corrected chi connectivity index (χ0v) is 12.6. The van der Waals surface area contributed by atoms with Crippen LogP contribution in [0, 0.1) is 25.5 Å². The average molecular weight is 290 g/mol. The molecular formula is C17H20F2N2. The molecule has 2 nitrogen and oxygen atoms in total.